The molecule has 2 rings (SSSR count). The maximum absolute atomic E-state index is 3.59. The minimum atomic E-state index is 0.831. The number of nitrogens with one attached hydrogen (secondary N) is 1. The van der Waals surface area contributed by atoms with E-state index >= 15 is 0 Å². The Morgan fingerprint density at radius 1 is 1.00 bits per heavy atom. The fourth-order valence-corrected chi connectivity index (χ4v) is 4.89. The summed E-state index contributed by atoms with van der Waals surface area (Å²) in [6, 6.07) is 6.40. The van der Waals surface area contributed by atoms with Gasteiger partial charge in [0, 0.05) is 29.7 Å². The predicted molar refractivity (Wildman–Crippen MR) is 90.7 cm³/mol. The van der Waals surface area contributed by atoms with Crippen LogP contribution >= 0.6 is 59.1 Å². The van der Waals surface area contributed by atoms with E-state index < -0.39 is 0 Å². The number of benzene rings is 1. The van der Waals surface area contributed by atoms with Crippen LogP contribution in [0.3, 0.4) is 0 Å². The normalized spacial score (nSPS) is 10.7. The average molecular weight is 454 g/mol. The number of aryl methyl sites for hydroxylation is 2. The van der Waals surface area contributed by atoms with Crippen LogP contribution in [0.15, 0.2) is 31.6 Å². The fraction of sp³-hybridized carbons (Fsp3) is 0.231. The van der Waals surface area contributed by atoms with E-state index in [0.717, 1.165) is 21.2 Å². The minimum Gasteiger partial charge on any atom is -0.378 e. The molecule has 1 N–H and O–H groups in total. The highest BCUT2D eigenvalue weighted by Crippen LogP contribution is 2.33. The Labute approximate surface area is 136 Å². The summed E-state index contributed by atoms with van der Waals surface area (Å²) in [5, 5.41) is 3.46. The number of thiophene rings is 1. The third kappa shape index (κ3) is 3.38. The summed E-state index contributed by atoms with van der Waals surface area (Å²) in [7, 11) is 0. The summed E-state index contributed by atoms with van der Waals surface area (Å²) in [5.41, 5.74) is 2.33. The molecule has 18 heavy (non-hydrogen) atoms. The predicted octanol–water partition coefficient (Wildman–Crippen LogP) is 6.26. The highest BCUT2D eigenvalue weighted by atomic mass is 79.9. The van der Waals surface area contributed by atoms with Gasteiger partial charge in [-0.1, -0.05) is 0 Å². The van der Waals surface area contributed by atoms with Crippen molar-refractivity contribution in [3.8, 4) is 0 Å². The van der Waals surface area contributed by atoms with Gasteiger partial charge in [0.1, 0.15) is 0 Å². The van der Waals surface area contributed by atoms with E-state index in [-0.39, 0.29) is 0 Å². The van der Waals surface area contributed by atoms with Gasteiger partial charge < -0.3 is 5.32 Å². The SMILES string of the molecule is Cc1cc(Br)c(NCc2cc(Br)c(C)s2)c(Br)c1. The lowest BCUT2D eigenvalue weighted by atomic mass is 10.2. The topological polar surface area (TPSA) is 12.0 Å². The quantitative estimate of drug-likeness (QED) is 0.578. The zero-order valence-corrected chi connectivity index (χ0v) is 15.6. The van der Waals surface area contributed by atoms with Crippen LogP contribution in [-0.4, -0.2) is 0 Å². The van der Waals surface area contributed by atoms with Gasteiger partial charge in [-0.15, -0.1) is 11.3 Å². The molecular formula is C13H12Br3NS. The van der Waals surface area contributed by atoms with Crippen LogP contribution < -0.4 is 5.32 Å². The Hall–Kier alpha value is 0.160. The lowest BCUT2D eigenvalue weighted by Gasteiger charge is -2.11. The zero-order valence-electron chi connectivity index (χ0n) is 9.98. The first-order valence-electron chi connectivity index (χ1n) is 5.41. The standard InChI is InChI=1S/C13H12Br3NS/c1-7-3-11(15)13(12(16)4-7)17-6-9-5-10(14)8(2)18-9/h3-5,17H,6H2,1-2H3. The van der Waals surface area contributed by atoms with E-state index in [9.17, 15) is 0 Å². The second kappa shape index (κ2) is 6.07. The Kier molecular flexibility index (Phi) is 4.92. The van der Waals surface area contributed by atoms with Crippen LogP contribution in [0.4, 0.5) is 5.69 Å². The molecule has 0 fully saturated rings. The van der Waals surface area contributed by atoms with Gasteiger partial charge in [0.15, 0.2) is 0 Å². The van der Waals surface area contributed by atoms with E-state index in [1.807, 2.05) is 11.3 Å². The second-order valence-electron chi connectivity index (χ2n) is 4.07. The first-order chi connectivity index (χ1) is 8.47. The Morgan fingerprint density at radius 2 is 1.61 bits per heavy atom. The summed E-state index contributed by atoms with van der Waals surface area (Å²) in [5.74, 6) is 0. The van der Waals surface area contributed by atoms with Crippen molar-refractivity contribution in [2.24, 2.45) is 0 Å². The highest BCUT2D eigenvalue weighted by Gasteiger charge is 2.07. The first kappa shape index (κ1) is 14.6. The fourth-order valence-electron chi connectivity index (χ4n) is 1.65. The molecule has 1 heterocycles. The number of hydrogen-bond donors (Lipinski definition) is 1. The lowest BCUT2D eigenvalue weighted by molar-refractivity contribution is 1.18. The third-order valence-corrected chi connectivity index (χ3v) is 5.92. The molecule has 0 radical (unpaired) electrons. The monoisotopic (exact) mass is 451 g/mol. The summed E-state index contributed by atoms with van der Waals surface area (Å²) >= 11 is 12.5. The van der Waals surface area contributed by atoms with E-state index in [2.05, 4.69) is 85.2 Å². The van der Waals surface area contributed by atoms with Gasteiger partial charge in [0.2, 0.25) is 0 Å². The van der Waals surface area contributed by atoms with Crippen LogP contribution in [0.5, 0.6) is 0 Å². The van der Waals surface area contributed by atoms with E-state index in [4.69, 9.17) is 0 Å². The van der Waals surface area contributed by atoms with Crippen molar-refractivity contribution in [3.63, 3.8) is 0 Å². The lowest BCUT2D eigenvalue weighted by Crippen LogP contribution is -1.99. The second-order valence-corrected chi connectivity index (χ2v) is 7.98. The van der Waals surface area contributed by atoms with Gasteiger partial charge in [0.05, 0.1) is 5.69 Å². The molecule has 0 spiro atoms. The van der Waals surface area contributed by atoms with Crippen molar-refractivity contribution in [1.29, 1.82) is 0 Å². The van der Waals surface area contributed by atoms with Crippen molar-refractivity contribution in [2.75, 3.05) is 5.32 Å². The van der Waals surface area contributed by atoms with Gasteiger partial charge >= 0.3 is 0 Å². The number of halogens is 3. The van der Waals surface area contributed by atoms with Crippen LogP contribution in [0.1, 0.15) is 15.3 Å². The van der Waals surface area contributed by atoms with Gasteiger partial charge in [0.25, 0.3) is 0 Å². The van der Waals surface area contributed by atoms with Gasteiger partial charge in [-0.05, 0) is 85.4 Å². The largest absolute Gasteiger partial charge is 0.378 e. The molecule has 0 aliphatic carbocycles. The smallest absolute Gasteiger partial charge is 0.0632 e. The van der Waals surface area contributed by atoms with Crippen molar-refractivity contribution in [1.82, 2.24) is 0 Å². The molecule has 1 nitrogen and oxygen atoms in total. The minimum absolute atomic E-state index is 0.831. The Bertz CT molecular complexity index is 535. The molecule has 0 atom stereocenters. The summed E-state index contributed by atoms with van der Waals surface area (Å²) in [6.45, 7) is 5.03. The Balaban J connectivity index is 2.15. The molecule has 0 saturated heterocycles. The average Bonchev–Trinajstić information content (AvgIpc) is 2.56. The highest BCUT2D eigenvalue weighted by molar-refractivity contribution is 9.11. The molecule has 96 valence electrons. The summed E-state index contributed by atoms with van der Waals surface area (Å²) in [6.07, 6.45) is 0. The van der Waals surface area contributed by atoms with Gasteiger partial charge in [-0.25, -0.2) is 0 Å². The number of hydrogen-bond acceptors (Lipinski definition) is 2. The van der Waals surface area contributed by atoms with Crippen molar-refractivity contribution >= 4 is 64.8 Å². The van der Waals surface area contributed by atoms with Crippen LogP contribution in [0.2, 0.25) is 0 Å². The van der Waals surface area contributed by atoms with Crippen molar-refractivity contribution in [2.45, 2.75) is 20.4 Å². The molecule has 0 amide bonds. The number of anilines is 1. The molecule has 0 unspecified atom stereocenters. The molecule has 0 saturated carbocycles. The number of rotatable bonds is 3. The Morgan fingerprint density at radius 3 is 2.11 bits per heavy atom. The first-order valence-corrected chi connectivity index (χ1v) is 8.61. The van der Waals surface area contributed by atoms with Crippen molar-refractivity contribution < 1.29 is 0 Å². The molecule has 0 aliphatic heterocycles. The van der Waals surface area contributed by atoms with Gasteiger partial charge in [-0.2, -0.15) is 0 Å². The van der Waals surface area contributed by atoms with Crippen LogP contribution in [0.25, 0.3) is 0 Å². The maximum atomic E-state index is 3.59. The zero-order chi connectivity index (χ0) is 13.3. The molecule has 5 heteroatoms. The van der Waals surface area contributed by atoms with Crippen LogP contribution in [0, 0.1) is 13.8 Å². The van der Waals surface area contributed by atoms with Gasteiger partial charge in [-0.3, -0.25) is 0 Å². The van der Waals surface area contributed by atoms with E-state index in [0.29, 0.717) is 0 Å². The molecule has 1 aromatic carbocycles. The van der Waals surface area contributed by atoms with E-state index in [1.54, 1.807) is 0 Å². The summed E-state index contributed by atoms with van der Waals surface area (Å²) < 4.78 is 3.36. The molecule has 0 aliphatic rings. The molecule has 1 aromatic heterocycles. The molecular weight excluding hydrogens is 442 g/mol. The molecule has 0 bridgehead atoms. The van der Waals surface area contributed by atoms with Crippen molar-refractivity contribution in [3.05, 3.63) is 46.9 Å². The third-order valence-electron chi connectivity index (χ3n) is 2.53. The molecule has 2 aromatic rings. The van der Waals surface area contributed by atoms with Crippen LogP contribution in [-0.2, 0) is 6.54 Å². The summed E-state index contributed by atoms with van der Waals surface area (Å²) in [4.78, 5) is 2.63. The van der Waals surface area contributed by atoms with E-state index in [1.165, 1.54) is 19.8 Å². The maximum Gasteiger partial charge on any atom is 0.0632 e.